The number of H-pyrrole nitrogens is 1. The van der Waals surface area contributed by atoms with Crippen LogP contribution < -0.4 is 11.3 Å². The summed E-state index contributed by atoms with van der Waals surface area (Å²) in [4.78, 5) is 27.7. The molecule has 3 N–H and O–H groups in total. The highest BCUT2D eigenvalue weighted by molar-refractivity contribution is 5.84. The van der Waals surface area contributed by atoms with Gasteiger partial charge in [0.05, 0.1) is 5.41 Å². The lowest BCUT2D eigenvalue weighted by Gasteiger charge is -2.48. The molecule has 1 heterocycles. The van der Waals surface area contributed by atoms with E-state index in [0.717, 1.165) is 36.6 Å². The van der Waals surface area contributed by atoms with Crippen molar-refractivity contribution >= 4 is 16.8 Å². The number of hydrogen-bond acceptors (Lipinski definition) is 2. The summed E-state index contributed by atoms with van der Waals surface area (Å²) < 4.78 is 0. The Hall–Kier alpha value is -2.10. The topological polar surface area (TPSA) is 76.0 Å². The number of rotatable bonds is 2. The average molecular weight is 298 g/mol. The molecule has 116 valence electrons. The predicted octanol–water partition coefficient (Wildman–Crippen LogP) is 2.85. The number of carbonyl (C=O) groups excluding carboxylic acids is 1. The summed E-state index contributed by atoms with van der Waals surface area (Å²) in [6.07, 6.45) is 3.51. The third kappa shape index (κ3) is 1.97. The third-order valence-electron chi connectivity index (χ3n) is 5.71. The van der Waals surface area contributed by atoms with E-state index in [0.29, 0.717) is 5.56 Å². The minimum Gasteiger partial charge on any atom is -0.369 e. The summed E-state index contributed by atoms with van der Waals surface area (Å²) in [5.41, 5.74) is 5.87. The van der Waals surface area contributed by atoms with Gasteiger partial charge in [-0.05, 0) is 37.3 Å². The van der Waals surface area contributed by atoms with E-state index in [1.54, 1.807) is 0 Å². The van der Waals surface area contributed by atoms with Crippen molar-refractivity contribution in [2.45, 2.75) is 44.9 Å². The minimum absolute atomic E-state index is 0.115. The Bertz CT molecular complexity index is 795. The Labute approximate surface area is 129 Å². The highest BCUT2D eigenvalue weighted by Gasteiger charge is 2.52. The molecule has 1 aromatic heterocycles. The Morgan fingerprint density at radius 3 is 2.59 bits per heavy atom. The molecule has 22 heavy (non-hydrogen) atoms. The van der Waals surface area contributed by atoms with Crippen LogP contribution in [0.15, 0.2) is 35.1 Å². The van der Waals surface area contributed by atoms with E-state index >= 15 is 0 Å². The molecule has 2 aromatic rings. The van der Waals surface area contributed by atoms with Crippen LogP contribution in [0, 0.1) is 5.41 Å². The van der Waals surface area contributed by atoms with Crippen LogP contribution in [0.25, 0.3) is 10.9 Å². The van der Waals surface area contributed by atoms with Crippen LogP contribution in [0.2, 0.25) is 0 Å². The van der Waals surface area contributed by atoms with E-state index < -0.39 is 10.8 Å². The zero-order valence-electron chi connectivity index (χ0n) is 13.1. The van der Waals surface area contributed by atoms with Gasteiger partial charge >= 0.3 is 0 Å². The van der Waals surface area contributed by atoms with Gasteiger partial charge in [0.15, 0.2) is 0 Å². The molecule has 4 nitrogen and oxygen atoms in total. The fourth-order valence-electron chi connectivity index (χ4n) is 3.89. The van der Waals surface area contributed by atoms with Crippen molar-refractivity contribution in [2.24, 2.45) is 11.1 Å². The molecule has 2 atom stereocenters. The molecule has 1 fully saturated rings. The van der Waals surface area contributed by atoms with Gasteiger partial charge in [0.1, 0.15) is 0 Å². The number of carbonyl (C=O) groups is 1. The molecule has 0 bridgehead atoms. The SMILES string of the molecule is CC1(C(N)=O)CCCCC1(C)c1cc2ccccc2[nH]c1=O. The molecule has 1 aliphatic carbocycles. The number of hydrogen-bond donors (Lipinski definition) is 2. The number of nitrogens with two attached hydrogens (primary N) is 1. The number of amides is 1. The summed E-state index contributed by atoms with van der Waals surface area (Å²) in [6.45, 7) is 3.92. The largest absolute Gasteiger partial charge is 0.369 e. The molecular weight excluding hydrogens is 276 g/mol. The van der Waals surface area contributed by atoms with Crippen molar-refractivity contribution in [3.63, 3.8) is 0 Å². The summed E-state index contributed by atoms with van der Waals surface area (Å²) in [5.74, 6) is -0.317. The van der Waals surface area contributed by atoms with Gasteiger partial charge in [-0.2, -0.15) is 0 Å². The maximum atomic E-state index is 12.6. The molecule has 0 radical (unpaired) electrons. The minimum atomic E-state index is -0.694. The third-order valence-corrected chi connectivity index (χ3v) is 5.71. The summed E-state index contributed by atoms with van der Waals surface area (Å²) in [7, 11) is 0. The smallest absolute Gasteiger partial charge is 0.252 e. The van der Waals surface area contributed by atoms with Gasteiger partial charge in [-0.3, -0.25) is 9.59 Å². The number of aromatic amines is 1. The van der Waals surface area contributed by atoms with E-state index in [1.807, 2.05) is 44.2 Å². The fourth-order valence-corrected chi connectivity index (χ4v) is 3.89. The Kier molecular flexibility index (Phi) is 3.35. The van der Waals surface area contributed by atoms with Crippen LogP contribution in [0.4, 0.5) is 0 Å². The molecule has 1 amide bonds. The molecule has 0 spiro atoms. The molecular formula is C18H22N2O2. The first-order chi connectivity index (χ1) is 10.4. The van der Waals surface area contributed by atoms with Crippen molar-refractivity contribution in [1.82, 2.24) is 4.98 Å². The van der Waals surface area contributed by atoms with Gasteiger partial charge in [0.25, 0.3) is 5.56 Å². The number of benzene rings is 1. The number of pyridine rings is 1. The van der Waals surface area contributed by atoms with Crippen LogP contribution in [-0.2, 0) is 10.2 Å². The molecule has 1 aromatic carbocycles. The zero-order chi connectivity index (χ0) is 16.0. The molecule has 0 saturated heterocycles. The van der Waals surface area contributed by atoms with Crippen molar-refractivity contribution in [3.8, 4) is 0 Å². The first-order valence-electron chi connectivity index (χ1n) is 7.81. The molecule has 0 aliphatic heterocycles. The Balaban J connectivity index is 2.25. The predicted molar refractivity (Wildman–Crippen MR) is 87.7 cm³/mol. The quantitative estimate of drug-likeness (QED) is 0.894. The van der Waals surface area contributed by atoms with Crippen LogP contribution in [-0.4, -0.2) is 10.9 Å². The monoisotopic (exact) mass is 298 g/mol. The second-order valence-corrected chi connectivity index (χ2v) is 6.83. The molecule has 4 heteroatoms. The van der Waals surface area contributed by atoms with Gasteiger partial charge in [0, 0.05) is 16.5 Å². The number of aromatic nitrogens is 1. The number of fused-ring (bicyclic) bond motifs is 1. The molecule has 3 rings (SSSR count). The van der Waals surface area contributed by atoms with Gasteiger partial charge in [0.2, 0.25) is 5.91 Å². The Morgan fingerprint density at radius 2 is 1.86 bits per heavy atom. The van der Waals surface area contributed by atoms with Crippen molar-refractivity contribution in [2.75, 3.05) is 0 Å². The van der Waals surface area contributed by atoms with Crippen LogP contribution in [0.1, 0.15) is 45.1 Å². The van der Waals surface area contributed by atoms with E-state index in [2.05, 4.69) is 4.98 Å². The van der Waals surface area contributed by atoms with Crippen LogP contribution in [0.5, 0.6) is 0 Å². The fraction of sp³-hybridized carbons (Fsp3) is 0.444. The highest BCUT2D eigenvalue weighted by Crippen LogP contribution is 2.51. The Morgan fingerprint density at radius 1 is 1.18 bits per heavy atom. The van der Waals surface area contributed by atoms with Crippen molar-refractivity contribution in [1.29, 1.82) is 0 Å². The van der Waals surface area contributed by atoms with Gasteiger partial charge < -0.3 is 10.7 Å². The normalized spacial score (nSPS) is 28.6. The van der Waals surface area contributed by atoms with Gasteiger partial charge in [-0.25, -0.2) is 0 Å². The van der Waals surface area contributed by atoms with E-state index in [9.17, 15) is 9.59 Å². The highest BCUT2D eigenvalue weighted by atomic mass is 16.1. The van der Waals surface area contributed by atoms with Gasteiger partial charge in [-0.15, -0.1) is 0 Å². The summed E-state index contributed by atoms with van der Waals surface area (Å²) in [6, 6.07) is 9.63. The second-order valence-electron chi connectivity index (χ2n) is 6.83. The molecule has 1 aliphatic rings. The maximum Gasteiger partial charge on any atom is 0.252 e. The molecule has 2 unspecified atom stereocenters. The van der Waals surface area contributed by atoms with Gasteiger partial charge in [-0.1, -0.05) is 38.0 Å². The van der Waals surface area contributed by atoms with E-state index in [-0.39, 0.29) is 11.5 Å². The number of primary amides is 1. The number of para-hydroxylation sites is 1. The second kappa shape index (κ2) is 4.97. The summed E-state index contributed by atoms with van der Waals surface area (Å²) >= 11 is 0. The van der Waals surface area contributed by atoms with Crippen molar-refractivity contribution in [3.05, 3.63) is 46.2 Å². The van der Waals surface area contributed by atoms with E-state index in [4.69, 9.17) is 5.73 Å². The lowest BCUT2D eigenvalue weighted by molar-refractivity contribution is -0.133. The van der Waals surface area contributed by atoms with Crippen LogP contribution in [0.3, 0.4) is 0 Å². The van der Waals surface area contributed by atoms with Crippen LogP contribution >= 0.6 is 0 Å². The van der Waals surface area contributed by atoms with E-state index in [1.165, 1.54) is 0 Å². The zero-order valence-corrected chi connectivity index (χ0v) is 13.1. The van der Waals surface area contributed by atoms with Crippen molar-refractivity contribution < 1.29 is 4.79 Å². The first-order valence-corrected chi connectivity index (χ1v) is 7.81. The lowest BCUT2D eigenvalue weighted by Crippen LogP contribution is -2.54. The summed E-state index contributed by atoms with van der Waals surface area (Å²) in [5, 5.41) is 0.982. The standard InChI is InChI=1S/C18H22N2O2/c1-17(9-5-6-10-18(17,2)16(19)22)13-11-12-7-3-4-8-14(12)20-15(13)21/h3-4,7-8,11H,5-6,9-10H2,1-2H3,(H2,19,22)(H,20,21). The molecule has 1 saturated carbocycles. The maximum absolute atomic E-state index is 12.6. The first kappa shape index (κ1) is 14.8. The lowest BCUT2D eigenvalue weighted by atomic mass is 9.54. The number of nitrogens with one attached hydrogen (secondary N) is 1. The average Bonchev–Trinajstić information content (AvgIpc) is 2.49.